The van der Waals surface area contributed by atoms with Crippen LogP contribution >= 0.6 is 0 Å². The third kappa shape index (κ3) is 1.43. The van der Waals surface area contributed by atoms with Gasteiger partial charge in [-0.2, -0.15) is 8.42 Å². The Balaban J connectivity index is 3.30. The number of carbonyl (C=O) groups is 1. The average Bonchev–Trinajstić information content (AvgIpc) is 2.03. The van der Waals surface area contributed by atoms with Gasteiger partial charge in [0.25, 0.3) is 10.1 Å². The SMILES string of the molecule is O=CC1(S(=O)(=O)O)C=CC=CC1O. The Morgan fingerprint density at radius 1 is 1.38 bits per heavy atom. The molecule has 0 bridgehead atoms. The van der Waals surface area contributed by atoms with E-state index in [1.54, 1.807) is 0 Å². The van der Waals surface area contributed by atoms with Gasteiger partial charge in [-0.25, -0.2) is 0 Å². The van der Waals surface area contributed by atoms with Gasteiger partial charge in [-0.3, -0.25) is 4.55 Å². The lowest BCUT2D eigenvalue weighted by atomic mass is 9.98. The van der Waals surface area contributed by atoms with Crippen LogP contribution in [0.5, 0.6) is 0 Å². The molecule has 5 nitrogen and oxygen atoms in total. The number of aldehydes is 1. The van der Waals surface area contributed by atoms with Gasteiger partial charge in [0.05, 0.1) is 0 Å². The summed E-state index contributed by atoms with van der Waals surface area (Å²) >= 11 is 0. The summed E-state index contributed by atoms with van der Waals surface area (Å²) in [5.41, 5.74) is 0. The van der Waals surface area contributed by atoms with E-state index in [2.05, 4.69) is 0 Å². The molecule has 0 saturated carbocycles. The van der Waals surface area contributed by atoms with E-state index in [0.29, 0.717) is 0 Å². The predicted molar refractivity (Wildman–Crippen MR) is 44.6 cm³/mol. The van der Waals surface area contributed by atoms with Gasteiger partial charge in [-0.15, -0.1) is 0 Å². The molecule has 6 heteroatoms. The standard InChI is InChI=1S/C7H8O5S/c8-5-7(13(10,11)12)4-2-1-3-6(7)9/h1-6,9H,(H,10,11,12). The maximum Gasteiger partial charge on any atom is 0.284 e. The normalized spacial score (nSPS) is 33.2. The minimum atomic E-state index is -4.64. The van der Waals surface area contributed by atoms with Crippen LogP contribution < -0.4 is 0 Å². The van der Waals surface area contributed by atoms with Crippen LogP contribution in [0.15, 0.2) is 24.3 Å². The van der Waals surface area contributed by atoms with E-state index in [-0.39, 0.29) is 6.29 Å². The van der Waals surface area contributed by atoms with Gasteiger partial charge in [0, 0.05) is 0 Å². The van der Waals surface area contributed by atoms with Gasteiger partial charge in [-0.05, 0) is 0 Å². The van der Waals surface area contributed by atoms with E-state index in [1.165, 1.54) is 12.2 Å². The van der Waals surface area contributed by atoms with Crippen LogP contribution in [-0.4, -0.2) is 35.2 Å². The number of hydrogen-bond acceptors (Lipinski definition) is 4. The van der Waals surface area contributed by atoms with Crippen molar-refractivity contribution in [2.45, 2.75) is 10.9 Å². The highest BCUT2D eigenvalue weighted by Gasteiger charge is 2.47. The van der Waals surface area contributed by atoms with Crippen LogP contribution in [-0.2, 0) is 14.9 Å². The van der Waals surface area contributed by atoms with E-state index >= 15 is 0 Å². The summed E-state index contributed by atoms with van der Waals surface area (Å²) in [4.78, 5) is 10.6. The van der Waals surface area contributed by atoms with Crippen molar-refractivity contribution < 1.29 is 22.9 Å². The summed E-state index contributed by atoms with van der Waals surface area (Å²) in [6.07, 6.45) is 3.17. The highest BCUT2D eigenvalue weighted by atomic mass is 32.2. The molecule has 0 heterocycles. The number of aliphatic hydroxyl groups excluding tert-OH is 1. The number of aliphatic hydroxyl groups is 1. The first-order valence-corrected chi connectivity index (χ1v) is 4.85. The molecule has 0 saturated heterocycles. The largest absolute Gasteiger partial charge is 0.386 e. The smallest absolute Gasteiger partial charge is 0.284 e. The molecule has 0 aromatic heterocycles. The zero-order chi connectivity index (χ0) is 10.1. The summed E-state index contributed by atoms with van der Waals surface area (Å²) in [5, 5.41) is 9.25. The van der Waals surface area contributed by atoms with Gasteiger partial charge in [0.15, 0.2) is 11.0 Å². The van der Waals surface area contributed by atoms with Crippen molar-refractivity contribution in [1.29, 1.82) is 0 Å². The third-order valence-electron chi connectivity index (χ3n) is 1.85. The Kier molecular flexibility index (Phi) is 2.38. The number of hydrogen-bond donors (Lipinski definition) is 2. The fourth-order valence-electron chi connectivity index (χ4n) is 1.03. The summed E-state index contributed by atoms with van der Waals surface area (Å²) in [7, 11) is -4.64. The molecule has 0 radical (unpaired) electrons. The molecule has 0 amide bonds. The van der Waals surface area contributed by atoms with Crippen LogP contribution in [0, 0.1) is 0 Å². The first-order valence-electron chi connectivity index (χ1n) is 3.41. The molecule has 0 spiro atoms. The molecular weight excluding hydrogens is 196 g/mol. The van der Waals surface area contributed by atoms with Crippen LogP contribution in [0.4, 0.5) is 0 Å². The first-order chi connectivity index (χ1) is 5.94. The monoisotopic (exact) mass is 204 g/mol. The van der Waals surface area contributed by atoms with E-state index in [1.807, 2.05) is 0 Å². The van der Waals surface area contributed by atoms with Crippen molar-refractivity contribution in [2.24, 2.45) is 0 Å². The molecule has 2 atom stereocenters. The van der Waals surface area contributed by atoms with Crippen LogP contribution in [0.2, 0.25) is 0 Å². The minimum Gasteiger partial charge on any atom is -0.386 e. The second-order valence-electron chi connectivity index (χ2n) is 2.64. The molecule has 0 fully saturated rings. The van der Waals surface area contributed by atoms with Gasteiger partial charge < -0.3 is 9.90 Å². The lowest BCUT2D eigenvalue weighted by Crippen LogP contribution is -2.49. The molecule has 13 heavy (non-hydrogen) atoms. The Morgan fingerprint density at radius 3 is 2.31 bits per heavy atom. The molecule has 0 aliphatic heterocycles. The van der Waals surface area contributed by atoms with E-state index in [0.717, 1.165) is 12.2 Å². The van der Waals surface area contributed by atoms with Gasteiger partial charge in [0.2, 0.25) is 0 Å². The molecular formula is C7H8O5S. The van der Waals surface area contributed by atoms with E-state index in [4.69, 9.17) is 4.55 Å². The van der Waals surface area contributed by atoms with Gasteiger partial charge in [-0.1, -0.05) is 24.3 Å². The van der Waals surface area contributed by atoms with Gasteiger partial charge >= 0.3 is 0 Å². The van der Waals surface area contributed by atoms with Gasteiger partial charge in [0.1, 0.15) is 6.10 Å². The van der Waals surface area contributed by atoms with Crippen molar-refractivity contribution >= 4 is 16.4 Å². The van der Waals surface area contributed by atoms with Crippen molar-refractivity contribution in [3.05, 3.63) is 24.3 Å². The Hall–Kier alpha value is -0.980. The van der Waals surface area contributed by atoms with E-state index in [9.17, 15) is 18.3 Å². The molecule has 1 aliphatic rings. The number of allylic oxidation sites excluding steroid dienone is 2. The lowest BCUT2D eigenvalue weighted by Gasteiger charge is -2.26. The summed E-state index contributed by atoms with van der Waals surface area (Å²) in [5.74, 6) is 0. The summed E-state index contributed by atoms with van der Waals surface area (Å²) in [6, 6.07) is 0. The summed E-state index contributed by atoms with van der Waals surface area (Å²) in [6.45, 7) is 0. The molecule has 0 aromatic carbocycles. The highest BCUT2D eigenvalue weighted by molar-refractivity contribution is 7.88. The van der Waals surface area contributed by atoms with Crippen molar-refractivity contribution in [1.82, 2.24) is 0 Å². The number of rotatable bonds is 2. The fraction of sp³-hybridized carbons (Fsp3) is 0.286. The molecule has 2 N–H and O–H groups in total. The molecule has 2 unspecified atom stereocenters. The van der Waals surface area contributed by atoms with Crippen LogP contribution in [0.1, 0.15) is 0 Å². The second-order valence-corrected chi connectivity index (χ2v) is 4.29. The Labute approximate surface area is 75.1 Å². The minimum absolute atomic E-state index is 0.00694. The topological polar surface area (TPSA) is 91.7 Å². The molecule has 1 rings (SSSR count). The van der Waals surface area contributed by atoms with E-state index < -0.39 is 21.0 Å². The maximum absolute atomic E-state index is 10.8. The zero-order valence-electron chi connectivity index (χ0n) is 6.49. The highest BCUT2D eigenvalue weighted by Crippen LogP contribution is 2.24. The average molecular weight is 204 g/mol. The fourth-order valence-corrected chi connectivity index (χ4v) is 1.79. The predicted octanol–water partition coefficient (Wildman–Crippen LogP) is -0.701. The molecule has 0 aromatic rings. The second kappa shape index (κ2) is 3.06. The Bertz CT molecular complexity index is 366. The Morgan fingerprint density at radius 2 is 2.00 bits per heavy atom. The van der Waals surface area contributed by atoms with Crippen molar-refractivity contribution in [3.8, 4) is 0 Å². The van der Waals surface area contributed by atoms with Crippen molar-refractivity contribution in [2.75, 3.05) is 0 Å². The first kappa shape index (κ1) is 10.1. The maximum atomic E-state index is 10.8. The number of carbonyl (C=O) groups excluding carboxylic acids is 1. The quantitative estimate of drug-likeness (QED) is 0.458. The third-order valence-corrected chi connectivity index (χ3v) is 3.22. The summed E-state index contributed by atoms with van der Waals surface area (Å²) < 4.78 is 28.2. The molecule has 72 valence electrons. The van der Waals surface area contributed by atoms with Crippen molar-refractivity contribution in [3.63, 3.8) is 0 Å². The van der Waals surface area contributed by atoms with Crippen LogP contribution in [0.3, 0.4) is 0 Å². The lowest BCUT2D eigenvalue weighted by molar-refractivity contribution is -0.110. The molecule has 1 aliphatic carbocycles. The zero-order valence-corrected chi connectivity index (χ0v) is 7.31. The van der Waals surface area contributed by atoms with Crippen LogP contribution in [0.25, 0.3) is 0 Å².